The van der Waals surface area contributed by atoms with Crippen LogP contribution in [0.1, 0.15) is 32.6 Å². The molecule has 5 nitrogen and oxygen atoms in total. The molecule has 1 aromatic heterocycles. The summed E-state index contributed by atoms with van der Waals surface area (Å²) in [6, 6.07) is 3.76. The van der Waals surface area contributed by atoms with Gasteiger partial charge in [-0.25, -0.2) is 8.78 Å². The third-order valence-electron chi connectivity index (χ3n) is 4.10. The van der Waals surface area contributed by atoms with Crippen LogP contribution in [0.4, 0.5) is 26.2 Å². The summed E-state index contributed by atoms with van der Waals surface area (Å²) in [5.41, 5.74) is 0.156. The zero-order chi connectivity index (χ0) is 16.2. The molecule has 0 bridgehead atoms. The molecule has 0 radical (unpaired) electrons. The summed E-state index contributed by atoms with van der Waals surface area (Å²) in [5.74, 6) is -0.353. The molecule has 1 aliphatic heterocycles. The SMILES string of the molecule is CCC1CCCCN1c1nncc(Nc2ccc(F)cc2F)n1. The first-order valence-electron chi connectivity index (χ1n) is 7.86. The average molecular weight is 319 g/mol. The third kappa shape index (κ3) is 3.55. The molecule has 7 heteroatoms. The Morgan fingerprint density at radius 2 is 2.17 bits per heavy atom. The third-order valence-corrected chi connectivity index (χ3v) is 4.10. The van der Waals surface area contributed by atoms with Gasteiger partial charge in [0, 0.05) is 18.7 Å². The molecular formula is C16H19F2N5. The molecule has 0 amide bonds. The Hall–Kier alpha value is -2.31. The van der Waals surface area contributed by atoms with Gasteiger partial charge in [-0.05, 0) is 37.8 Å². The standard InChI is InChI=1S/C16H19F2N5/c1-2-12-5-3-4-8-23(12)16-21-15(10-19-22-16)20-14-7-6-11(17)9-13(14)18/h6-7,9-10,12H,2-5,8H2,1H3,(H,20,21,22). The van der Waals surface area contributed by atoms with Crippen LogP contribution >= 0.6 is 0 Å². The van der Waals surface area contributed by atoms with E-state index in [1.807, 2.05) is 0 Å². The maximum atomic E-state index is 13.7. The number of aromatic nitrogens is 3. The predicted molar refractivity (Wildman–Crippen MR) is 84.7 cm³/mol. The van der Waals surface area contributed by atoms with E-state index in [9.17, 15) is 8.78 Å². The average Bonchev–Trinajstić information content (AvgIpc) is 2.58. The van der Waals surface area contributed by atoms with E-state index in [0.29, 0.717) is 17.8 Å². The van der Waals surface area contributed by atoms with Gasteiger partial charge in [-0.3, -0.25) is 0 Å². The number of hydrogen-bond acceptors (Lipinski definition) is 5. The Morgan fingerprint density at radius 3 is 2.96 bits per heavy atom. The summed E-state index contributed by atoms with van der Waals surface area (Å²) in [7, 11) is 0. The zero-order valence-corrected chi connectivity index (χ0v) is 13.0. The van der Waals surface area contributed by atoms with E-state index < -0.39 is 11.6 Å². The fourth-order valence-corrected chi connectivity index (χ4v) is 2.89. The van der Waals surface area contributed by atoms with Gasteiger partial charge in [0.15, 0.2) is 5.82 Å². The van der Waals surface area contributed by atoms with Crippen LogP contribution in [0.2, 0.25) is 0 Å². The highest BCUT2D eigenvalue weighted by Gasteiger charge is 2.23. The van der Waals surface area contributed by atoms with Gasteiger partial charge in [0.2, 0.25) is 5.95 Å². The van der Waals surface area contributed by atoms with Crippen LogP contribution in [0, 0.1) is 11.6 Å². The smallest absolute Gasteiger partial charge is 0.247 e. The van der Waals surface area contributed by atoms with Crippen LogP contribution in [0.3, 0.4) is 0 Å². The van der Waals surface area contributed by atoms with Gasteiger partial charge in [-0.15, -0.1) is 5.10 Å². The maximum Gasteiger partial charge on any atom is 0.247 e. The number of halogens is 2. The van der Waals surface area contributed by atoms with E-state index in [2.05, 4.69) is 32.3 Å². The molecule has 23 heavy (non-hydrogen) atoms. The van der Waals surface area contributed by atoms with Crippen molar-refractivity contribution in [3.05, 3.63) is 36.0 Å². The first kappa shape index (κ1) is 15.6. The highest BCUT2D eigenvalue weighted by Crippen LogP contribution is 2.25. The van der Waals surface area contributed by atoms with Gasteiger partial charge in [-0.2, -0.15) is 10.1 Å². The van der Waals surface area contributed by atoms with Crippen molar-refractivity contribution in [1.29, 1.82) is 0 Å². The zero-order valence-electron chi connectivity index (χ0n) is 13.0. The molecule has 1 fully saturated rings. The lowest BCUT2D eigenvalue weighted by Crippen LogP contribution is -2.40. The highest BCUT2D eigenvalue weighted by molar-refractivity contribution is 5.57. The van der Waals surface area contributed by atoms with Crippen molar-refractivity contribution in [2.45, 2.75) is 38.6 Å². The van der Waals surface area contributed by atoms with Crippen molar-refractivity contribution in [2.75, 3.05) is 16.8 Å². The van der Waals surface area contributed by atoms with E-state index in [4.69, 9.17) is 0 Å². The molecule has 1 saturated heterocycles. The maximum absolute atomic E-state index is 13.7. The summed E-state index contributed by atoms with van der Waals surface area (Å²) >= 11 is 0. The molecule has 0 spiro atoms. The number of rotatable bonds is 4. The van der Waals surface area contributed by atoms with Crippen molar-refractivity contribution in [3.8, 4) is 0 Å². The van der Waals surface area contributed by atoms with E-state index in [1.165, 1.54) is 24.8 Å². The van der Waals surface area contributed by atoms with Gasteiger partial charge < -0.3 is 10.2 Å². The van der Waals surface area contributed by atoms with E-state index in [1.54, 1.807) is 0 Å². The van der Waals surface area contributed by atoms with Crippen molar-refractivity contribution in [1.82, 2.24) is 15.2 Å². The number of nitrogens with one attached hydrogen (secondary N) is 1. The molecule has 122 valence electrons. The molecule has 2 aromatic rings. The van der Waals surface area contributed by atoms with Gasteiger partial charge in [0.1, 0.15) is 11.6 Å². The fraction of sp³-hybridized carbons (Fsp3) is 0.438. The molecule has 1 aliphatic rings. The minimum Gasteiger partial charge on any atom is -0.336 e. The number of nitrogens with zero attached hydrogens (tertiary/aromatic N) is 4. The van der Waals surface area contributed by atoms with Gasteiger partial charge in [0.05, 0.1) is 11.9 Å². The van der Waals surface area contributed by atoms with Crippen molar-refractivity contribution in [2.24, 2.45) is 0 Å². The molecule has 2 heterocycles. The summed E-state index contributed by atoms with van der Waals surface area (Å²) in [4.78, 5) is 6.59. The van der Waals surface area contributed by atoms with E-state index in [-0.39, 0.29) is 5.69 Å². The molecule has 1 N–H and O–H groups in total. The molecular weight excluding hydrogens is 300 g/mol. The Bertz CT molecular complexity index is 679. The summed E-state index contributed by atoms with van der Waals surface area (Å²) in [5, 5.41) is 10.9. The number of anilines is 3. The molecule has 0 saturated carbocycles. The Labute approximate surface area is 133 Å². The van der Waals surface area contributed by atoms with Gasteiger partial charge in [-0.1, -0.05) is 6.92 Å². The molecule has 0 aliphatic carbocycles. The second-order valence-electron chi connectivity index (χ2n) is 5.64. The van der Waals surface area contributed by atoms with Crippen LogP contribution in [0.25, 0.3) is 0 Å². The summed E-state index contributed by atoms with van der Waals surface area (Å²) < 4.78 is 26.7. The Kier molecular flexibility index (Phi) is 4.64. The van der Waals surface area contributed by atoms with Crippen LogP contribution in [-0.2, 0) is 0 Å². The summed E-state index contributed by atoms with van der Waals surface area (Å²) in [6.07, 6.45) is 5.88. The van der Waals surface area contributed by atoms with Gasteiger partial charge >= 0.3 is 0 Å². The van der Waals surface area contributed by atoms with E-state index >= 15 is 0 Å². The van der Waals surface area contributed by atoms with Crippen LogP contribution in [-0.4, -0.2) is 27.8 Å². The van der Waals surface area contributed by atoms with Crippen molar-refractivity contribution >= 4 is 17.5 Å². The lowest BCUT2D eigenvalue weighted by Gasteiger charge is -2.34. The van der Waals surface area contributed by atoms with Crippen molar-refractivity contribution < 1.29 is 8.78 Å². The van der Waals surface area contributed by atoms with Crippen molar-refractivity contribution in [3.63, 3.8) is 0 Å². The Morgan fingerprint density at radius 1 is 1.30 bits per heavy atom. The van der Waals surface area contributed by atoms with Gasteiger partial charge in [0.25, 0.3) is 0 Å². The first-order chi connectivity index (χ1) is 11.2. The fourth-order valence-electron chi connectivity index (χ4n) is 2.89. The van der Waals surface area contributed by atoms with E-state index in [0.717, 1.165) is 31.9 Å². The topological polar surface area (TPSA) is 53.9 Å². The van der Waals surface area contributed by atoms with Crippen LogP contribution in [0.15, 0.2) is 24.4 Å². The summed E-state index contributed by atoms with van der Waals surface area (Å²) in [6.45, 7) is 3.04. The normalized spacial score (nSPS) is 18.0. The molecule has 3 rings (SSSR count). The highest BCUT2D eigenvalue weighted by atomic mass is 19.1. The lowest BCUT2D eigenvalue weighted by atomic mass is 10.0. The predicted octanol–water partition coefficient (Wildman–Crippen LogP) is 3.66. The minimum absolute atomic E-state index is 0.156. The lowest BCUT2D eigenvalue weighted by molar-refractivity contribution is 0.442. The number of piperidine rings is 1. The molecule has 1 atom stereocenters. The van der Waals surface area contributed by atoms with Crippen LogP contribution in [0.5, 0.6) is 0 Å². The molecule has 1 unspecified atom stereocenters. The monoisotopic (exact) mass is 319 g/mol. The second-order valence-corrected chi connectivity index (χ2v) is 5.64. The number of hydrogen-bond donors (Lipinski definition) is 1. The molecule has 1 aromatic carbocycles. The Balaban J connectivity index is 1.82. The van der Waals surface area contributed by atoms with Crippen LogP contribution < -0.4 is 10.2 Å². The first-order valence-corrected chi connectivity index (χ1v) is 7.86. The largest absolute Gasteiger partial charge is 0.336 e. The minimum atomic E-state index is -0.672. The quantitative estimate of drug-likeness (QED) is 0.932. The number of benzene rings is 1. The second kappa shape index (κ2) is 6.85.